The number of hydrogen-bond donors (Lipinski definition) is 1. The van der Waals surface area contributed by atoms with Crippen LogP contribution in [0.5, 0.6) is 11.5 Å². The molecular formula is C21H20FN3O2. The zero-order chi connectivity index (χ0) is 19.4. The molecule has 6 heteroatoms. The van der Waals surface area contributed by atoms with Crippen LogP contribution >= 0.6 is 0 Å². The topological polar surface area (TPSA) is 67.2 Å². The van der Waals surface area contributed by atoms with Gasteiger partial charge in [0.25, 0.3) is 0 Å². The molecular weight excluding hydrogens is 345 g/mol. The fourth-order valence-corrected chi connectivity index (χ4v) is 2.83. The van der Waals surface area contributed by atoms with E-state index in [2.05, 4.69) is 16.4 Å². The molecule has 0 radical (unpaired) electrons. The fraction of sp³-hybridized carbons (Fsp3) is 0.238. The Labute approximate surface area is 157 Å². The normalized spacial score (nSPS) is 10.5. The van der Waals surface area contributed by atoms with Gasteiger partial charge in [0.1, 0.15) is 11.9 Å². The van der Waals surface area contributed by atoms with Crippen LogP contribution < -0.4 is 14.8 Å². The Morgan fingerprint density at radius 2 is 1.85 bits per heavy atom. The number of ether oxygens (including phenoxy) is 2. The Balaban J connectivity index is 2.21. The zero-order valence-corrected chi connectivity index (χ0v) is 15.5. The van der Waals surface area contributed by atoms with Gasteiger partial charge in [0.05, 0.1) is 30.0 Å². The maximum atomic E-state index is 13.9. The second-order valence-electron chi connectivity index (χ2n) is 5.88. The average Bonchev–Trinajstić information content (AvgIpc) is 2.66. The van der Waals surface area contributed by atoms with Crippen LogP contribution in [0, 0.1) is 24.1 Å². The molecule has 3 aromatic rings. The van der Waals surface area contributed by atoms with Crippen LogP contribution in [-0.4, -0.2) is 18.2 Å². The molecule has 0 fully saturated rings. The van der Waals surface area contributed by atoms with Gasteiger partial charge in [-0.2, -0.15) is 5.26 Å². The summed E-state index contributed by atoms with van der Waals surface area (Å²) in [6.07, 6.45) is 1.50. The molecule has 0 aliphatic heterocycles. The van der Waals surface area contributed by atoms with Crippen molar-refractivity contribution < 1.29 is 13.9 Å². The van der Waals surface area contributed by atoms with Gasteiger partial charge in [0.15, 0.2) is 11.5 Å². The lowest BCUT2D eigenvalue weighted by Gasteiger charge is -2.16. The molecule has 1 heterocycles. The molecule has 27 heavy (non-hydrogen) atoms. The van der Waals surface area contributed by atoms with Crippen molar-refractivity contribution in [3.05, 3.63) is 53.5 Å². The maximum absolute atomic E-state index is 13.9. The van der Waals surface area contributed by atoms with Crippen molar-refractivity contribution >= 4 is 22.3 Å². The summed E-state index contributed by atoms with van der Waals surface area (Å²) < 4.78 is 25.3. The predicted octanol–water partition coefficient (Wildman–Crippen LogP) is 5.10. The van der Waals surface area contributed by atoms with E-state index in [9.17, 15) is 9.65 Å². The van der Waals surface area contributed by atoms with Crippen molar-refractivity contribution in [1.29, 1.82) is 5.26 Å². The number of fused-ring (bicyclic) bond motifs is 1. The third kappa shape index (κ3) is 3.63. The molecule has 0 saturated heterocycles. The first-order valence-corrected chi connectivity index (χ1v) is 8.73. The summed E-state index contributed by atoms with van der Waals surface area (Å²) in [5.41, 5.74) is 2.63. The van der Waals surface area contributed by atoms with Crippen molar-refractivity contribution in [2.45, 2.75) is 20.8 Å². The number of anilines is 2. The van der Waals surface area contributed by atoms with Crippen LogP contribution in [0.25, 0.3) is 10.9 Å². The largest absolute Gasteiger partial charge is 0.490 e. The quantitative estimate of drug-likeness (QED) is 0.659. The van der Waals surface area contributed by atoms with Crippen molar-refractivity contribution in [2.75, 3.05) is 18.5 Å². The van der Waals surface area contributed by atoms with Gasteiger partial charge in [0.2, 0.25) is 0 Å². The van der Waals surface area contributed by atoms with Gasteiger partial charge in [-0.05, 0) is 39.0 Å². The van der Waals surface area contributed by atoms with Crippen molar-refractivity contribution in [2.24, 2.45) is 0 Å². The number of pyridine rings is 1. The SMILES string of the molecule is CCOc1cc2ncc(C#N)c(Nc3cccc(F)c3C)c2cc1OCC. The Hall–Kier alpha value is -3.33. The van der Waals surface area contributed by atoms with Crippen molar-refractivity contribution in [3.63, 3.8) is 0 Å². The first-order valence-electron chi connectivity index (χ1n) is 8.73. The van der Waals surface area contributed by atoms with E-state index in [0.29, 0.717) is 58.1 Å². The van der Waals surface area contributed by atoms with E-state index in [1.165, 1.54) is 12.3 Å². The van der Waals surface area contributed by atoms with Gasteiger partial charge in [-0.15, -0.1) is 0 Å². The summed E-state index contributed by atoms with van der Waals surface area (Å²) in [7, 11) is 0. The molecule has 0 bridgehead atoms. The number of nitrogens with one attached hydrogen (secondary N) is 1. The summed E-state index contributed by atoms with van der Waals surface area (Å²) in [6, 6.07) is 10.5. The maximum Gasteiger partial charge on any atom is 0.163 e. The number of halogens is 1. The van der Waals surface area contributed by atoms with Crippen LogP contribution in [0.15, 0.2) is 36.5 Å². The summed E-state index contributed by atoms with van der Waals surface area (Å²) in [5.74, 6) is 0.852. The summed E-state index contributed by atoms with van der Waals surface area (Å²) in [5, 5.41) is 13.4. The van der Waals surface area contributed by atoms with Gasteiger partial charge in [-0.1, -0.05) is 6.07 Å². The minimum absolute atomic E-state index is 0.314. The highest BCUT2D eigenvalue weighted by molar-refractivity contribution is 5.97. The molecule has 1 aromatic heterocycles. The summed E-state index contributed by atoms with van der Waals surface area (Å²) >= 11 is 0. The highest BCUT2D eigenvalue weighted by atomic mass is 19.1. The number of rotatable bonds is 6. The monoisotopic (exact) mass is 365 g/mol. The predicted molar refractivity (Wildman–Crippen MR) is 103 cm³/mol. The minimum atomic E-state index is -0.314. The van der Waals surface area contributed by atoms with E-state index in [-0.39, 0.29) is 5.82 Å². The molecule has 0 unspecified atom stereocenters. The molecule has 0 amide bonds. The zero-order valence-electron chi connectivity index (χ0n) is 15.5. The van der Waals surface area contributed by atoms with Crippen LogP contribution in [0.4, 0.5) is 15.8 Å². The molecule has 0 atom stereocenters. The van der Waals surface area contributed by atoms with Crippen molar-refractivity contribution in [1.82, 2.24) is 4.98 Å². The number of nitriles is 1. The van der Waals surface area contributed by atoms with Crippen LogP contribution in [0.1, 0.15) is 25.0 Å². The lowest BCUT2D eigenvalue weighted by atomic mass is 10.1. The minimum Gasteiger partial charge on any atom is -0.490 e. The number of benzene rings is 2. The first-order chi connectivity index (χ1) is 13.1. The summed E-state index contributed by atoms with van der Waals surface area (Å²) in [6.45, 7) is 6.44. The van der Waals surface area contributed by atoms with Crippen molar-refractivity contribution in [3.8, 4) is 17.6 Å². The van der Waals surface area contributed by atoms with Gasteiger partial charge >= 0.3 is 0 Å². The third-order valence-electron chi connectivity index (χ3n) is 4.18. The van der Waals surface area contributed by atoms with Gasteiger partial charge < -0.3 is 14.8 Å². The van der Waals surface area contributed by atoms with Gasteiger partial charge in [0, 0.05) is 28.9 Å². The molecule has 138 valence electrons. The standard InChI is InChI=1S/C21H20FN3O2/c1-4-26-19-9-15-18(10-20(19)27-5-2)24-12-14(11-23)21(15)25-17-8-6-7-16(22)13(17)3/h6-10,12H,4-5H2,1-3H3,(H,24,25). The summed E-state index contributed by atoms with van der Waals surface area (Å²) in [4.78, 5) is 4.37. The lowest BCUT2D eigenvalue weighted by Crippen LogP contribution is -2.02. The average molecular weight is 365 g/mol. The second-order valence-corrected chi connectivity index (χ2v) is 5.88. The lowest BCUT2D eigenvalue weighted by molar-refractivity contribution is 0.288. The van der Waals surface area contributed by atoms with Gasteiger partial charge in [-0.3, -0.25) is 4.98 Å². The molecule has 3 rings (SSSR count). The van der Waals surface area contributed by atoms with Crippen LogP contribution in [0.3, 0.4) is 0 Å². The van der Waals surface area contributed by atoms with Crippen LogP contribution in [-0.2, 0) is 0 Å². The molecule has 1 N–H and O–H groups in total. The highest BCUT2D eigenvalue weighted by Gasteiger charge is 2.15. The highest BCUT2D eigenvalue weighted by Crippen LogP contribution is 2.37. The van der Waals surface area contributed by atoms with E-state index >= 15 is 0 Å². The fourth-order valence-electron chi connectivity index (χ4n) is 2.83. The Morgan fingerprint density at radius 1 is 1.15 bits per heavy atom. The molecule has 0 aliphatic rings. The Bertz CT molecular complexity index is 1030. The Morgan fingerprint density at radius 3 is 2.52 bits per heavy atom. The van der Waals surface area contributed by atoms with E-state index < -0.39 is 0 Å². The smallest absolute Gasteiger partial charge is 0.163 e. The van der Waals surface area contributed by atoms with Crippen LogP contribution in [0.2, 0.25) is 0 Å². The van der Waals surface area contributed by atoms with E-state index in [1.807, 2.05) is 13.8 Å². The second kappa shape index (κ2) is 7.92. The van der Waals surface area contributed by atoms with Gasteiger partial charge in [-0.25, -0.2) is 4.39 Å². The van der Waals surface area contributed by atoms with E-state index in [1.54, 1.807) is 31.2 Å². The molecule has 5 nitrogen and oxygen atoms in total. The third-order valence-corrected chi connectivity index (χ3v) is 4.18. The Kier molecular flexibility index (Phi) is 5.41. The number of hydrogen-bond acceptors (Lipinski definition) is 5. The van der Waals surface area contributed by atoms with E-state index in [4.69, 9.17) is 9.47 Å². The first kappa shape index (κ1) is 18.5. The molecule has 0 saturated carbocycles. The molecule has 0 spiro atoms. The molecule has 0 aliphatic carbocycles. The molecule has 2 aromatic carbocycles. The number of nitrogens with zero attached hydrogens (tertiary/aromatic N) is 2. The van der Waals surface area contributed by atoms with E-state index in [0.717, 1.165) is 0 Å². The number of aromatic nitrogens is 1.